The van der Waals surface area contributed by atoms with Crippen LogP contribution >= 0.6 is 0 Å². The van der Waals surface area contributed by atoms with E-state index in [4.69, 9.17) is 0 Å². The maximum Gasteiger partial charge on any atom is 0.241 e. The van der Waals surface area contributed by atoms with Crippen LogP contribution < -0.4 is 5.32 Å². The third-order valence-corrected chi connectivity index (χ3v) is 4.54. The van der Waals surface area contributed by atoms with Crippen molar-refractivity contribution in [1.29, 1.82) is 0 Å². The van der Waals surface area contributed by atoms with Crippen molar-refractivity contribution >= 4 is 5.91 Å². The Morgan fingerprint density at radius 1 is 1.33 bits per heavy atom. The molecule has 2 aliphatic rings. The predicted molar refractivity (Wildman–Crippen MR) is 75.3 cm³/mol. The van der Waals surface area contributed by atoms with Gasteiger partial charge in [0, 0.05) is 6.54 Å². The SMILES string of the molecule is CC1NC(c2ccc(F)c(F)c2)N(CC(C)C2CC2)C1=O. The summed E-state index contributed by atoms with van der Waals surface area (Å²) in [5.74, 6) is -0.587. The van der Waals surface area contributed by atoms with Crippen molar-refractivity contribution in [2.45, 2.75) is 38.9 Å². The van der Waals surface area contributed by atoms with E-state index in [2.05, 4.69) is 12.2 Å². The minimum atomic E-state index is -0.878. The van der Waals surface area contributed by atoms with E-state index in [0.717, 1.165) is 6.07 Å². The van der Waals surface area contributed by atoms with Crippen molar-refractivity contribution < 1.29 is 13.6 Å². The highest BCUT2D eigenvalue weighted by molar-refractivity contribution is 5.84. The number of hydrogen-bond donors (Lipinski definition) is 1. The zero-order valence-electron chi connectivity index (χ0n) is 12.3. The van der Waals surface area contributed by atoms with Crippen LogP contribution in [0.2, 0.25) is 0 Å². The minimum absolute atomic E-state index is 0.0252. The van der Waals surface area contributed by atoms with Crippen LogP contribution in [0, 0.1) is 23.5 Å². The molecule has 1 saturated carbocycles. The molecule has 3 unspecified atom stereocenters. The lowest BCUT2D eigenvalue weighted by Gasteiger charge is -2.27. The summed E-state index contributed by atoms with van der Waals surface area (Å²) in [5, 5.41) is 3.17. The van der Waals surface area contributed by atoms with Crippen LogP contribution in [0.3, 0.4) is 0 Å². The minimum Gasteiger partial charge on any atom is -0.321 e. The average molecular weight is 294 g/mol. The summed E-state index contributed by atoms with van der Waals surface area (Å²) in [4.78, 5) is 14.1. The van der Waals surface area contributed by atoms with Crippen LogP contribution in [0.15, 0.2) is 18.2 Å². The molecule has 0 aromatic heterocycles. The number of hydrogen-bond acceptors (Lipinski definition) is 2. The zero-order valence-corrected chi connectivity index (χ0v) is 12.3. The lowest BCUT2D eigenvalue weighted by Crippen LogP contribution is -2.35. The number of amides is 1. The van der Waals surface area contributed by atoms with Gasteiger partial charge < -0.3 is 4.90 Å². The van der Waals surface area contributed by atoms with Gasteiger partial charge in [-0.2, -0.15) is 0 Å². The van der Waals surface area contributed by atoms with Crippen LogP contribution in [-0.4, -0.2) is 23.4 Å². The Bertz CT molecular complexity index is 559. The highest BCUT2D eigenvalue weighted by Gasteiger charge is 2.40. The lowest BCUT2D eigenvalue weighted by molar-refractivity contribution is -0.130. The molecule has 3 rings (SSSR count). The number of carbonyl (C=O) groups excluding carboxylic acids is 1. The molecule has 21 heavy (non-hydrogen) atoms. The van der Waals surface area contributed by atoms with Crippen molar-refractivity contribution in [3.63, 3.8) is 0 Å². The summed E-state index contributed by atoms with van der Waals surface area (Å²) < 4.78 is 26.5. The van der Waals surface area contributed by atoms with Crippen molar-refractivity contribution in [2.24, 2.45) is 11.8 Å². The maximum atomic E-state index is 13.4. The summed E-state index contributed by atoms with van der Waals surface area (Å²) in [6.45, 7) is 4.61. The normalized spacial score (nSPS) is 27.2. The Hall–Kier alpha value is -1.49. The van der Waals surface area contributed by atoms with Gasteiger partial charge in [0.2, 0.25) is 5.91 Å². The Morgan fingerprint density at radius 2 is 2.05 bits per heavy atom. The van der Waals surface area contributed by atoms with E-state index in [1.807, 2.05) is 0 Å². The fourth-order valence-corrected chi connectivity index (χ4v) is 3.05. The van der Waals surface area contributed by atoms with Gasteiger partial charge in [-0.3, -0.25) is 10.1 Å². The Labute approximate surface area is 123 Å². The van der Waals surface area contributed by atoms with Crippen LogP contribution in [0.1, 0.15) is 38.4 Å². The molecule has 114 valence electrons. The first kappa shape index (κ1) is 14.4. The molecule has 0 spiro atoms. The van der Waals surface area contributed by atoms with Gasteiger partial charge >= 0.3 is 0 Å². The molecule has 0 radical (unpaired) electrons. The molecule has 1 saturated heterocycles. The van der Waals surface area contributed by atoms with Gasteiger partial charge in [0.15, 0.2) is 11.6 Å². The Balaban J connectivity index is 1.83. The van der Waals surface area contributed by atoms with E-state index in [1.54, 1.807) is 11.8 Å². The molecule has 0 bridgehead atoms. The summed E-state index contributed by atoms with van der Waals surface area (Å²) in [5.41, 5.74) is 0.592. The van der Waals surface area contributed by atoms with E-state index < -0.39 is 11.6 Å². The fraction of sp³-hybridized carbons (Fsp3) is 0.562. The molecule has 5 heteroatoms. The maximum absolute atomic E-state index is 13.4. The van der Waals surface area contributed by atoms with E-state index in [1.165, 1.54) is 25.0 Å². The number of halogens is 2. The summed E-state index contributed by atoms with van der Waals surface area (Å²) in [6.07, 6.45) is 2.08. The molecule has 3 atom stereocenters. The quantitative estimate of drug-likeness (QED) is 0.926. The number of benzene rings is 1. The molecule has 1 amide bonds. The molecule has 1 aromatic carbocycles. The lowest BCUT2D eigenvalue weighted by atomic mass is 10.0. The molecule has 2 fully saturated rings. The van der Waals surface area contributed by atoms with E-state index in [-0.39, 0.29) is 18.1 Å². The number of nitrogens with one attached hydrogen (secondary N) is 1. The molecule has 3 nitrogen and oxygen atoms in total. The summed E-state index contributed by atoms with van der Waals surface area (Å²) in [7, 11) is 0. The monoisotopic (exact) mass is 294 g/mol. The Kier molecular flexibility index (Phi) is 3.69. The Morgan fingerprint density at radius 3 is 2.67 bits per heavy atom. The van der Waals surface area contributed by atoms with Gasteiger partial charge in [0.1, 0.15) is 6.17 Å². The van der Waals surface area contributed by atoms with Crippen molar-refractivity contribution in [2.75, 3.05) is 6.54 Å². The van der Waals surface area contributed by atoms with Gasteiger partial charge in [0.25, 0.3) is 0 Å². The topological polar surface area (TPSA) is 32.3 Å². The summed E-state index contributed by atoms with van der Waals surface area (Å²) >= 11 is 0. The van der Waals surface area contributed by atoms with Gasteiger partial charge in [-0.15, -0.1) is 0 Å². The molecule has 1 heterocycles. The van der Waals surface area contributed by atoms with Crippen molar-refractivity contribution in [3.05, 3.63) is 35.4 Å². The first-order valence-corrected chi connectivity index (χ1v) is 7.49. The molecule has 1 aliphatic carbocycles. The molecular weight excluding hydrogens is 274 g/mol. The highest BCUT2D eigenvalue weighted by Crippen LogP contribution is 2.38. The average Bonchev–Trinajstić information content (AvgIpc) is 3.25. The van der Waals surface area contributed by atoms with Crippen molar-refractivity contribution in [3.8, 4) is 0 Å². The molecule has 1 N–H and O–H groups in total. The van der Waals surface area contributed by atoms with E-state index in [9.17, 15) is 13.6 Å². The second-order valence-electron chi connectivity index (χ2n) is 6.27. The first-order valence-electron chi connectivity index (χ1n) is 7.49. The molecule has 1 aliphatic heterocycles. The second-order valence-corrected chi connectivity index (χ2v) is 6.27. The number of carbonyl (C=O) groups is 1. The van der Waals surface area contributed by atoms with E-state index >= 15 is 0 Å². The second kappa shape index (κ2) is 5.37. The van der Waals surface area contributed by atoms with Gasteiger partial charge in [0.05, 0.1) is 6.04 Å². The van der Waals surface area contributed by atoms with Crippen LogP contribution in [0.5, 0.6) is 0 Å². The summed E-state index contributed by atoms with van der Waals surface area (Å²) in [6, 6.07) is 3.53. The fourth-order valence-electron chi connectivity index (χ4n) is 3.05. The largest absolute Gasteiger partial charge is 0.321 e. The van der Waals surface area contributed by atoms with E-state index in [0.29, 0.717) is 23.9 Å². The highest BCUT2D eigenvalue weighted by atomic mass is 19.2. The number of nitrogens with zero attached hydrogens (tertiary/aromatic N) is 1. The standard InChI is InChI=1S/C16H20F2N2O/c1-9(11-3-4-11)8-20-15(19-10(2)16(20)21)12-5-6-13(17)14(18)7-12/h5-7,9-11,15,19H,3-4,8H2,1-2H3. The molecular formula is C16H20F2N2O. The van der Waals surface area contributed by atoms with Gasteiger partial charge in [-0.25, -0.2) is 8.78 Å². The first-order chi connectivity index (χ1) is 9.97. The smallest absolute Gasteiger partial charge is 0.241 e. The third-order valence-electron chi connectivity index (χ3n) is 4.54. The zero-order chi connectivity index (χ0) is 15.1. The van der Waals surface area contributed by atoms with Gasteiger partial charge in [-0.1, -0.05) is 13.0 Å². The van der Waals surface area contributed by atoms with Crippen molar-refractivity contribution in [1.82, 2.24) is 10.2 Å². The number of rotatable bonds is 4. The predicted octanol–water partition coefficient (Wildman–Crippen LogP) is 2.83. The van der Waals surface area contributed by atoms with Crippen LogP contribution in [-0.2, 0) is 4.79 Å². The third kappa shape index (κ3) is 2.79. The van der Waals surface area contributed by atoms with Gasteiger partial charge in [-0.05, 0) is 49.3 Å². The van der Waals surface area contributed by atoms with Crippen LogP contribution in [0.4, 0.5) is 8.78 Å². The van der Waals surface area contributed by atoms with Crippen LogP contribution in [0.25, 0.3) is 0 Å². The molecule has 1 aromatic rings.